The normalized spacial score (nSPS) is 11.0. The number of carbonyl (C=O) groups excluding carboxylic acids is 1. The van der Waals surface area contributed by atoms with Crippen molar-refractivity contribution in [1.82, 2.24) is 29.4 Å². The van der Waals surface area contributed by atoms with Crippen molar-refractivity contribution < 1.29 is 9.53 Å². The zero-order valence-electron chi connectivity index (χ0n) is 13.7. The SMILES string of the molecule is COC(=O)c1c(C)nn2c1ncc1c(=O)n(-c3[nH]ncc3C#N)ccc12. The molecule has 0 aromatic carbocycles. The van der Waals surface area contributed by atoms with Gasteiger partial charge in [-0.15, -0.1) is 0 Å². The minimum Gasteiger partial charge on any atom is -0.465 e. The largest absolute Gasteiger partial charge is 0.465 e. The van der Waals surface area contributed by atoms with Crippen molar-refractivity contribution in [3.8, 4) is 11.9 Å². The van der Waals surface area contributed by atoms with Gasteiger partial charge >= 0.3 is 5.97 Å². The highest BCUT2D eigenvalue weighted by atomic mass is 16.5. The molecule has 0 atom stereocenters. The Balaban J connectivity index is 2.04. The zero-order chi connectivity index (χ0) is 18.4. The number of aromatic amines is 1. The maximum Gasteiger partial charge on any atom is 0.343 e. The molecule has 0 radical (unpaired) electrons. The fourth-order valence-electron chi connectivity index (χ4n) is 2.84. The smallest absolute Gasteiger partial charge is 0.343 e. The second-order valence-electron chi connectivity index (χ2n) is 5.48. The van der Waals surface area contributed by atoms with Crippen LogP contribution in [0.1, 0.15) is 21.6 Å². The first-order valence-corrected chi connectivity index (χ1v) is 7.48. The van der Waals surface area contributed by atoms with Gasteiger partial charge in [0.15, 0.2) is 11.5 Å². The Kier molecular flexibility index (Phi) is 3.30. The van der Waals surface area contributed by atoms with E-state index in [4.69, 9.17) is 10.00 Å². The summed E-state index contributed by atoms with van der Waals surface area (Å²) in [5.74, 6) is -0.278. The van der Waals surface area contributed by atoms with Crippen LogP contribution in [0.25, 0.3) is 22.4 Å². The molecule has 0 aliphatic heterocycles. The number of nitrogens with one attached hydrogen (secondary N) is 1. The Morgan fingerprint density at radius 3 is 2.92 bits per heavy atom. The van der Waals surface area contributed by atoms with E-state index in [0.29, 0.717) is 16.9 Å². The lowest BCUT2D eigenvalue weighted by molar-refractivity contribution is 0.0602. The second-order valence-corrected chi connectivity index (χ2v) is 5.48. The average molecular weight is 349 g/mol. The summed E-state index contributed by atoms with van der Waals surface area (Å²) >= 11 is 0. The lowest BCUT2D eigenvalue weighted by Gasteiger charge is -2.06. The van der Waals surface area contributed by atoms with Crippen molar-refractivity contribution in [3.63, 3.8) is 0 Å². The van der Waals surface area contributed by atoms with Gasteiger partial charge in [-0.1, -0.05) is 0 Å². The van der Waals surface area contributed by atoms with E-state index >= 15 is 0 Å². The van der Waals surface area contributed by atoms with E-state index in [-0.39, 0.29) is 22.3 Å². The molecule has 0 unspecified atom stereocenters. The number of fused-ring (bicyclic) bond motifs is 3. The van der Waals surface area contributed by atoms with Crippen molar-refractivity contribution in [3.05, 3.63) is 51.8 Å². The van der Waals surface area contributed by atoms with E-state index in [1.54, 1.807) is 13.0 Å². The van der Waals surface area contributed by atoms with Crippen LogP contribution in [0, 0.1) is 18.3 Å². The predicted octanol–water partition coefficient (Wildman–Crippen LogP) is 0.723. The predicted molar refractivity (Wildman–Crippen MR) is 89.0 cm³/mol. The summed E-state index contributed by atoms with van der Waals surface area (Å²) in [6.45, 7) is 1.66. The number of methoxy groups -OCH3 is 1. The van der Waals surface area contributed by atoms with Gasteiger partial charge in [0.1, 0.15) is 17.2 Å². The van der Waals surface area contributed by atoms with Gasteiger partial charge in [0.2, 0.25) is 0 Å². The van der Waals surface area contributed by atoms with Gasteiger partial charge in [0, 0.05) is 12.4 Å². The number of pyridine rings is 1. The molecule has 4 aromatic rings. The average Bonchev–Trinajstić information content (AvgIpc) is 3.24. The van der Waals surface area contributed by atoms with Gasteiger partial charge in [0.05, 0.1) is 29.9 Å². The third kappa shape index (κ3) is 2.01. The molecule has 0 saturated heterocycles. The number of nitrogens with zero attached hydrogens (tertiary/aromatic N) is 6. The number of ether oxygens (including phenoxy) is 1. The number of H-pyrrole nitrogens is 1. The maximum absolute atomic E-state index is 12.9. The Morgan fingerprint density at radius 2 is 2.19 bits per heavy atom. The topological polar surface area (TPSA) is 131 Å². The van der Waals surface area contributed by atoms with Crippen molar-refractivity contribution in [1.29, 1.82) is 5.26 Å². The lowest BCUT2D eigenvalue weighted by atomic mass is 10.2. The van der Waals surface area contributed by atoms with Crippen molar-refractivity contribution in [2.24, 2.45) is 0 Å². The van der Waals surface area contributed by atoms with E-state index in [0.717, 1.165) is 0 Å². The summed E-state index contributed by atoms with van der Waals surface area (Å²) in [7, 11) is 1.28. The summed E-state index contributed by atoms with van der Waals surface area (Å²) in [5.41, 5.74) is 1.32. The number of esters is 1. The number of rotatable bonds is 2. The quantitative estimate of drug-likeness (QED) is 0.528. The molecule has 4 rings (SSSR count). The minimum atomic E-state index is -0.547. The van der Waals surface area contributed by atoms with Crippen LogP contribution in [0.2, 0.25) is 0 Å². The zero-order valence-corrected chi connectivity index (χ0v) is 13.7. The second kappa shape index (κ2) is 5.52. The monoisotopic (exact) mass is 349 g/mol. The summed E-state index contributed by atoms with van der Waals surface area (Å²) in [4.78, 5) is 29.0. The molecule has 0 aliphatic carbocycles. The molecule has 0 aliphatic rings. The van der Waals surface area contributed by atoms with Crippen LogP contribution in [-0.2, 0) is 4.74 Å². The Bertz CT molecular complexity index is 1290. The Labute approximate surface area is 145 Å². The summed E-state index contributed by atoms with van der Waals surface area (Å²) in [6, 6.07) is 3.62. The van der Waals surface area contributed by atoms with Crippen LogP contribution in [0.4, 0.5) is 0 Å². The molecule has 128 valence electrons. The van der Waals surface area contributed by atoms with Crippen LogP contribution in [-0.4, -0.2) is 42.4 Å². The Morgan fingerprint density at radius 1 is 1.38 bits per heavy atom. The van der Waals surface area contributed by atoms with Crippen LogP contribution in [0.15, 0.2) is 29.5 Å². The van der Waals surface area contributed by atoms with Crippen LogP contribution >= 0.6 is 0 Å². The lowest BCUT2D eigenvalue weighted by Crippen LogP contribution is -2.20. The summed E-state index contributed by atoms with van der Waals surface area (Å²) < 4.78 is 7.48. The molecule has 0 amide bonds. The molecule has 0 fully saturated rings. The first kappa shape index (κ1) is 15.5. The number of hydrogen-bond donors (Lipinski definition) is 1. The van der Waals surface area contributed by atoms with E-state index in [2.05, 4.69) is 20.3 Å². The molecule has 10 heteroatoms. The fourth-order valence-corrected chi connectivity index (χ4v) is 2.84. The van der Waals surface area contributed by atoms with Crippen LogP contribution in [0.3, 0.4) is 0 Å². The van der Waals surface area contributed by atoms with E-state index in [9.17, 15) is 9.59 Å². The number of hydrogen-bond acceptors (Lipinski definition) is 7. The molecular formula is C16H11N7O3. The van der Waals surface area contributed by atoms with E-state index in [1.165, 1.54) is 34.8 Å². The number of carbonyl (C=O) groups is 1. The highest BCUT2D eigenvalue weighted by molar-refractivity contribution is 5.98. The molecule has 0 spiro atoms. The molecule has 26 heavy (non-hydrogen) atoms. The molecule has 4 heterocycles. The van der Waals surface area contributed by atoms with Crippen molar-refractivity contribution in [2.45, 2.75) is 6.92 Å². The minimum absolute atomic E-state index is 0.239. The summed E-state index contributed by atoms with van der Waals surface area (Å²) in [6.07, 6.45) is 4.22. The third-order valence-corrected chi connectivity index (χ3v) is 4.06. The standard InChI is InChI=1S/C16H11N7O3/c1-8-12(16(25)26-2)14-18-7-10-11(23(14)21-8)3-4-22(15(10)24)13-9(5-17)6-19-20-13/h3-4,6-7H,1-2H3,(H,19,20). The number of nitriles is 1. The van der Waals surface area contributed by atoms with Crippen molar-refractivity contribution >= 4 is 22.5 Å². The first-order valence-electron chi connectivity index (χ1n) is 7.48. The first-order chi connectivity index (χ1) is 12.6. The molecule has 0 bridgehead atoms. The Hall–Kier alpha value is -4.00. The maximum atomic E-state index is 12.9. The van der Waals surface area contributed by atoms with Gasteiger partial charge in [-0.2, -0.15) is 15.5 Å². The fraction of sp³-hybridized carbons (Fsp3) is 0.125. The van der Waals surface area contributed by atoms with E-state index < -0.39 is 11.5 Å². The van der Waals surface area contributed by atoms with Gasteiger partial charge in [-0.05, 0) is 13.0 Å². The highest BCUT2D eigenvalue weighted by Gasteiger charge is 2.21. The van der Waals surface area contributed by atoms with Gasteiger partial charge < -0.3 is 4.74 Å². The van der Waals surface area contributed by atoms with Crippen molar-refractivity contribution in [2.75, 3.05) is 7.11 Å². The summed E-state index contributed by atoms with van der Waals surface area (Å²) in [5, 5.41) is 20.1. The molecular weight excluding hydrogens is 338 g/mol. The molecule has 10 nitrogen and oxygen atoms in total. The number of aromatic nitrogens is 6. The van der Waals surface area contributed by atoms with Gasteiger partial charge in [-0.25, -0.2) is 14.3 Å². The highest BCUT2D eigenvalue weighted by Crippen LogP contribution is 2.19. The van der Waals surface area contributed by atoms with Gasteiger partial charge in [0.25, 0.3) is 5.56 Å². The number of aryl methyl sites for hydroxylation is 1. The molecule has 0 saturated carbocycles. The third-order valence-electron chi connectivity index (χ3n) is 4.06. The van der Waals surface area contributed by atoms with Crippen LogP contribution < -0.4 is 5.56 Å². The molecule has 4 aromatic heterocycles. The molecule has 1 N–H and O–H groups in total. The van der Waals surface area contributed by atoms with E-state index in [1.807, 2.05) is 6.07 Å². The van der Waals surface area contributed by atoms with Gasteiger partial charge in [-0.3, -0.25) is 14.5 Å². The van der Waals surface area contributed by atoms with Crippen LogP contribution in [0.5, 0.6) is 0 Å².